The van der Waals surface area contributed by atoms with E-state index in [0.29, 0.717) is 47.0 Å². The van der Waals surface area contributed by atoms with E-state index >= 15 is 0 Å². The lowest BCUT2D eigenvalue weighted by atomic mass is 10.0. The summed E-state index contributed by atoms with van der Waals surface area (Å²) in [6.45, 7) is 1.22. The first-order valence-electron chi connectivity index (χ1n) is 11.1. The fourth-order valence-corrected chi connectivity index (χ4v) is 3.94. The number of carbonyl (C=O) groups is 1. The first kappa shape index (κ1) is 22.1. The molecular formula is C26H24N6O3. The minimum Gasteiger partial charge on any atom is -0.507 e. The van der Waals surface area contributed by atoms with Crippen LogP contribution in [0.25, 0.3) is 33.5 Å². The Bertz CT molecular complexity index is 1490. The van der Waals surface area contributed by atoms with E-state index in [4.69, 9.17) is 4.74 Å². The van der Waals surface area contributed by atoms with E-state index in [0.717, 1.165) is 11.1 Å². The number of imidazole rings is 2. The second-order valence-corrected chi connectivity index (χ2v) is 8.14. The normalized spacial score (nSPS) is 11.0. The number of pyridine rings is 1. The molecule has 0 aliphatic carbocycles. The molecule has 5 aromatic rings. The lowest BCUT2D eigenvalue weighted by Crippen LogP contribution is -2.29. The quantitative estimate of drug-likeness (QED) is 0.374. The lowest BCUT2D eigenvalue weighted by Gasteiger charge is -2.17. The van der Waals surface area contributed by atoms with Crippen LogP contribution in [-0.4, -0.2) is 61.1 Å². The number of H-pyrrole nitrogens is 1. The summed E-state index contributed by atoms with van der Waals surface area (Å²) in [5.41, 5.74) is 4.13. The van der Waals surface area contributed by atoms with Crippen LogP contribution in [0.2, 0.25) is 0 Å². The highest BCUT2D eigenvalue weighted by atomic mass is 16.5. The summed E-state index contributed by atoms with van der Waals surface area (Å²) in [7, 11) is 3.35. The summed E-state index contributed by atoms with van der Waals surface area (Å²) >= 11 is 0. The van der Waals surface area contributed by atoms with Crippen LogP contribution in [0.15, 0.2) is 73.4 Å². The lowest BCUT2D eigenvalue weighted by molar-refractivity contribution is 0.0790. The van der Waals surface area contributed by atoms with Gasteiger partial charge in [0.1, 0.15) is 11.6 Å². The number of carbonyl (C=O) groups excluding carboxylic acids is 1. The molecule has 2 N–H and O–H groups in total. The van der Waals surface area contributed by atoms with Crippen LogP contribution in [0, 0.1) is 0 Å². The maximum atomic E-state index is 12.9. The van der Waals surface area contributed by atoms with Gasteiger partial charge in [0, 0.05) is 49.9 Å². The number of phenolic OH excluding ortho intramolecular Hbond substituents is 1. The number of nitrogens with one attached hydrogen (secondary N) is 1. The van der Waals surface area contributed by atoms with Crippen molar-refractivity contribution >= 4 is 16.9 Å². The predicted molar refractivity (Wildman–Crippen MR) is 132 cm³/mol. The molecule has 0 aliphatic rings. The van der Waals surface area contributed by atoms with Gasteiger partial charge in [0.15, 0.2) is 0 Å². The Kier molecular flexibility index (Phi) is 5.88. The highest BCUT2D eigenvalue weighted by molar-refractivity contribution is 5.97. The van der Waals surface area contributed by atoms with Crippen LogP contribution in [0.1, 0.15) is 10.4 Å². The van der Waals surface area contributed by atoms with Gasteiger partial charge in [-0.15, -0.1) is 0 Å². The van der Waals surface area contributed by atoms with Crippen LogP contribution in [0.3, 0.4) is 0 Å². The maximum Gasteiger partial charge on any atom is 0.253 e. The molecule has 0 saturated carbocycles. The number of aromatic nitrogens is 5. The van der Waals surface area contributed by atoms with E-state index in [1.54, 1.807) is 68.1 Å². The molecule has 0 atom stereocenters. The van der Waals surface area contributed by atoms with Gasteiger partial charge >= 0.3 is 0 Å². The molecule has 0 radical (unpaired) electrons. The topological polar surface area (TPSA) is 109 Å². The molecule has 0 unspecified atom stereocenters. The summed E-state index contributed by atoms with van der Waals surface area (Å²) in [6, 6.07) is 14.3. The summed E-state index contributed by atoms with van der Waals surface area (Å²) < 4.78 is 7.31. The van der Waals surface area contributed by atoms with Crippen molar-refractivity contribution in [2.24, 2.45) is 0 Å². The highest BCUT2D eigenvalue weighted by Gasteiger charge is 2.16. The van der Waals surface area contributed by atoms with Gasteiger partial charge in [0.05, 0.1) is 30.0 Å². The molecule has 2 aromatic carbocycles. The summed E-state index contributed by atoms with van der Waals surface area (Å²) in [5.74, 6) is 0.997. The van der Waals surface area contributed by atoms with Gasteiger partial charge in [0.2, 0.25) is 5.88 Å². The van der Waals surface area contributed by atoms with Crippen molar-refractivity contribution in [1.82, 2.24) is 29.4 Å². The van der Waals surface area contributed by atoms with Gasteiger partial charge in [0.25, 0.3) is 5.91 Å². The SMILES string of the molecule is COc1ncccc1-c1ccc(O)c(-c2nc3ccc(C(=O)N(C)CCn4ccnc4)cc3[nH]2)c1. The Morgan fingerprint density at radius 2 is 2.03 bits per heavy atom. The van der Waals surface area contributed by atoms with Crippen molar-refractivity contribution in [2.75, 3.05) is 20.7 Å². The molecule has 0 bridgehead atoms. The molecule has 3 aromatic heterocycles. The molecule has 35 heavy (non-hydrogen) atoms. The zero-order valence-corrected chi connectivity index (χ0v) is 19.3. The molecular weight excluding hydrogens is 444 g/mol. The Morgan fingerprint density at radius 3 is 2.83 bits per heavy atom. The Labute approximate surface area is 201 Å². The molecule has 9 nitrogen and oxygen atoms in total. The average Bonchev–Trinajstić information content (AvgIpc) is 3.56. The second-order valence-electron chi connectivity index (χ2n) is 8.14. The molecule has 5 rings (SSSR count). The Balaban J connectivity index is 1.43. The number of amides is 1. The third kappa shape index (κ3) is 4.43. The number of hydrogen-bond acceptors (Lipinski definition) is 6. The van der Waals surface area contributed by atoms with Gasteiger partial charge in [-0.25, -0.2) is 15.0 Å². The Morgan fingerprint density at radius 1 is 1.14 bits per heavy atom. The summed E-state index contributed by atoms with van der Waals surface area (Å²) in [6.07, 6.45) is 6.97. The van der Waals surface area contributed by atoms with Crippen LogP contribution in [0.5, 0.6) is 11.6 Å². The van der Waals surface area contributed by atoms with Gasteiger partial charge in [-0.2, -0.15) is 0 Å². The number of nitrogens with zero attached hydrogens (tertiary/aromatic N) is 5. The minimum absolute atomic E-state index is 0.0864. The van der Waals surface area contributed by atoms with Crippen molar-refractivity contribution < 1.29 is 14.6 Å². The maximum absolute atomic E-state index is 12.9. The molecule has 1 amide bonds. The summed E-state index contributed by atoms with van der Waals surface area (Å²) in [4.78, 5) is 30.8. The zero-order valence-electron chi connectivity index (χ0n) is 19.3. The number of aromatic hydroxyl groups is 1. The molecule has 0 aliphatic heterocycles. The van der Waals surface area contributed by atoms with Crippen molar-refractivity contribution in [3.05, 3.63) is 79.0 Å². The smallest absolute Gasteiger partial charge is 0.253 e. The van der Waals surface area contributed by atoms with Crippen LogP contribution >= 0.6 is 0 Å². The second kappa shape index (κ2) is 9.30. The fourth-order valence-electron chi connectivity index (χ4n) is 3.94. The number of aromatic amines is 1. The average molecular weight is 469 g/mol. The third-order valence-electron chi connectivity index (χ3n) is 5.86. The van der Waals surface area contributed by atoms with Gasteiger partial charge in [-0.3, -0.25) is 4.79 Å². The first-order chi connectivity index (χ1) is 17.0. The van der Waals surface area contributed by atoms with Crippen molar-refractivity contribution in [2.45, 2.75) is 6.54 Å². The van der Waals surface area contributed by atoms with E-state index in [1.165, 1.54) is 0 Å². The minimum atomic E-state index is -0.0864. The number of hydrogen-bond donors (Lipinski definition) is 2. The molecule has 9 heteroatoms. The number of phenols is 1. The van der Waals surface area contributed by atoms with E-state index in [9.17, 15) is 9.90 Å². The third-order valence-corrected chi connectivity index (χ3v) is 5.86. The fraction of sp³-hybridized carbons (Fsp3) is 0.154. The van der Waals surface area contributed by atoms with E-state index in [-0.39, 0.29) is 11.7 Å². The van der Waals surface area contributed by atoms with Gasteiger partial charge < -0.3 is 24.3 Å². The number of fused-ring (bicyclic) bond motifs is 1. The van der Waals surface area contributed by atoms with E-state index in [1.807, 2.05) is 29.0 Å². The summed E-state index contributed by atoms with van der Waals surface area (Å²) in [5, 5.41) is 10.6. The molecule has 0 saturated heterocycles. The van der Waals surface area contributed by atoms with Crippen LogP contribution in [0.4, 0.5) is 0 Å². The monoisotopic (exact) mass is 468 g/mol. The van der Waals surface area contributed by atoms with Gasteiger partial charge in [-0.1, -0.05) is 6.07 Å². The molecule has 3 heterocycles. The number of methoxy groups -OCH3 is 1. The molecule has 0 spiro atoms. The van der Waals surface area contributed by atoms with Crippen molar-refractivity contribution in [1.29, 1.82) is 0 Å². The van der Waals surface area contributed by atoms with Crippen LogP contribution in [-0.2, 0) is 6.54 Å². The van der Waals surface area contributed by atoms with Crippen molar-refractivity contribution in [3.63, 3.8) is 0 Å². The number of rotatable bonds is 7. The first-order valence-corrected chi connectivity index (χ1v) is 11.1. The predicted octanol–water partition coefficient (Wildman–Crippen LogP) is 3.97. The number of ether oxygens (including phenoxy) is 1. The molecule has 0 fully saturated rings. The van der Waals surface area contributed by atoms with E-state index in [2.05, 4.69) is 19.9 Å². The zero-order chi connectivity index (χ0) is 24.4. The largest absolute Gasteiger partial charge is 0.507 e. The van der Waals surface area contributed by atoms with E-state index < -0.39 is 0 Å². The molecule has 176 valence electrons. The number of likely N-dealkylation sites (N-methyl/N-ethyl adjacent to an activating group) is 1. The Hall–Kier alpha value is -4.66. The van der Waals surface area contributed by atoms with Crippen molar-refractivity contribution in [3.8, 4) is 34.1 Å². The number of benzene rings is 2. The standard InChI is InChI=1S/C26H24N6O3/c1-31(12-13-32-11-10-27-16-32)26(34)18-5-7-21-22(15-18)30-24(29-21)20-14-17(6-8-23(20)33)19-4-3-9-28-25(19)35-2/h3-11,14-16,33H,12-13H2,1-2H3,(H,29,30). The highest BCUT2D eigenvalue weighted by Crippen LogP contribution is 2.35. The van der Waals surface area contributed by atoms with Crippen LogP contribution < -0.4 is 4.74 Å². The van der Waals surface area contributed by atoms with Gasteiger partial charge in [-0.05, 0) is 48.0 Å².